The van der Waals surface area contributed by atoms with Crippen LogP contribution in [0.1, 0.15) is 10.4 Å². The molecule has 1 unspecified atom stereocenters. The van der Waals surface area contributed by atoms with Gasteiger partial charge in [-0.1, -0.05) is 33.6 Å². The maximum atomic E-state index is 5.92. The molecule has 0 aliphatic heterocycles. The summed E-state index contributed by atoms with van der Waals surface area (Å²) >= 11 is 11.3. The van der Waals surface area contributed by atoms with Gasteiger partial charge < -0.3 is 0 Å². The molecule has 1 aliphatic rings. The number of hydrogen-bond donors (Lipinski definition) is 0. The molecule has 2 aromatic rings. The van der Waals surface area contributed by atoms with Crippen molar-refractivity contribution in [2.75, 3.05) is 0 Å². The number of nitrogens with zero attached hydrogens (tertiary/aromatic N) is 1. The highest BCUT2D eigenvalue weighted by Crippen LogP contribution is 2.37. The molecule has 0 spiro atoms. The third-order valence-electron chi connectivity index (χ3n) is 2.53. The fourth-order valence-corrected chi connectivity index (χ4v) is 3.58. The lowest BCUT2D eigenvalue weighted by Gasteiger charge is -2.10. The molecule has 15 heavy (non-hydrogen) atoms. The van der Waals surface area contributed by atoms with E-state index in [0.717, 1.165) is 6.42 Å². The van der Waals surface area contributed by atoms with Crippen molar-refractivity contribution in [1.29, 1.82) is 0 Å². The molecule has 1 aliphatic carbocycles. The topological polar surface area (TPSA) is 12.9 Å². The van der Waals surface area contributed by atoms with Gasteiger partial charge in [-0.25, -0.2) is 4.98 Å². The van der Waals surface area contributed by atoms with Crippen molar-refractivity contribution < 1.29 is 0 Å². The molecule has 0 N–H and O–H groups in total. The maximum absolute atomic E-state index is 5.92. The molecular weight excluding hydrogens is 294 g/mol. The van der Waals surface area contributed by atoms with Gasteiger partial charge in [0.2, 0.25) is 0 Å². The van der Waals surface area contributed by atoms with Gasteiger partial charge in [-0.2, -0.15) is 0 Å². The average molecular weight is 301 g/mol. The van der Waals surface area contributed by atoms with Gasteiger partial charge in [-0.3, -0.25) is 0 Å². The van der Waals surface area contributed by atoms with Crippen molar-refractivity contribution in [1.82, 2.24) is 4.98 Å². The molecular formula is C11H7BrClNS. The van der Waals surface area contributed by atoms with E-state index in [4.69, 9.17) is 11.6 Å². The van der Waals surface area contributed by atoms with Crippen LogP contribution in [-0.4, -0.2) is 9.81 Å². The van der Waals surface area contributed by atoms with Crippen molar-refractivity contribution >= 4 is 55.0 Å². The van der Waals surface area contributed by atoms with Crippen LogP contribution in [0.15, 0.2) is 18.3 Å². The Kier molecular flexibility index (Phi) is 2.34. The van der Waals surface area contributed by atoms with Crippen LogP contribution < -0.4 is 0 Å². The zero-order chi connectivity index (χ0) is 10.4. The highest BCUT2D eigenvalue weighted by molar-refractivity contribution is 9.09. The van der Waals surface area contributed by atoms with Crippen LogP contribution in [0.2, 0.25) is 5.15 Å². The van der Waals surface area contributed by atoms with Gasteiger partial charge in [0.15, 0.2) is 0 Å². The summed E-state index contributed by atoms with van der Waals surface area (Å²) < 4.78 is 1.22. The largest absolute Gasteiger partial charge is 0.243 e. The number of hydrogen-bond acceptors (Lipinski definition) is 2. The number of alkyl halides is 1. The van der Waals surface area contributed by atoms with E-state index in [-0.39, 0.29) is 0 Å². The van der Waals surface area contributed by atoms with Gasteiger partial charge in [0.25, 0.3) is 0 Å². The predicted octanol–water partition coefficient (Wildman–Crippen LogP) is 4.28. The molecule has 3 rings (SSSR count). The highest BCUT2D eigenvalue weighted by atomic mass is 79.9. The molecule has 0 fully saturated rings. The number of allylic oxidation sites excluding steroid dienone is 1. The van der Waals surface area contributed by atoms with Crippen molar-refractivity contribution in [3.63, 3.8) is 0 Å². The summed E-state index contributed by atoms with van der Waals surface area (Å²) in [6.07, 6.45) is 7.26. The van der Waals surface area contributed by atoms with Gasteiger partial charge in [0, 0.05) is 21.3 Å². The molecule has 0 saturated heterocycles. The van der Waals surface area contributed by atoms with Crippen LogP contribution in [-0.2, 0) is 6.42 Å². The first-order chi connectivity index (χ1) is 7.24. The molecule has 0 bridgehead atoms. The first kappa shape index (κ1) is 9.82. The summed E-state index contributed by atoms with van der Waals surface area (Å²) in [6, 6.07) is 1.96. The predicted molar refractivity (Wildman–Crippen MR) is 70.1 cm³/mol. The summed E-state index contributed by atoms with van der Waals surface area (Å²) in [5, 5.41) is 1.83. The minimum Gasteiger partial charge on any atom is -0.243 e. The van der Waals surface area contributed by atoms with E-state index in [0.29, 0.717) is 9.98 Å². The maximum Gasteiger partial charge on any atom is 0.129 e. The number of thiophene rings is 1. The number of aromatic nitrogens is 1. The Labute approximate surface area is 105 Å². The first-order valence-electron chi connectivity index (χ1n) is 4.63. The van der Waals surface area contributed by atoms with Crippen molar-refractivity contribution in [3.05, 3.63) is 33.9 Å². The normalized spacial score (nSPS) is 19.5. The van der Waals surface area contributed by atoms with E-state index >= 15 is 0 Å². The Morgan fingerprint density at radius 2 is 2.40 bits per heavy atom. The van der Waals surface area contributed by atoms with E-state index in [9.17, 15) is 0 Å². The van der Waals surface area contributed by atoms with Gasteiger partial charge in [-0.15, -0.1) is 11.3 Å². The summed E-state index contributed by atoms with van der Waals surface area (Å²) in [6.45, 7) is 0. The third kappa shape index (κ3) is 1.63. The second-order valence-electron chi connectivity index (χ2n) is 3.53. The lowest BCUT2D eigenvalue weighted by Crippen LogP contribution is -2.02. The van der Waals surface area contributed by atoms with Crippen LogP contribution in [0, 0.1) is 0 Å². The van der Waals surface area contributed by atoms with Crippen molar-refractivity contribution in [2.24, 2.45) is 0 Å². The standard InChI is InChI=1S/C11H7BrClNS/c12-6-1-2-9-7(3-6)8-4-11(13)14-5-10(8)15-9/h1-2,4-6H,3H2. The molecule has 76 valence electrons. The second kappa shape index (κ2) is 3.58. The molecule has 1 atom stereocenters. The van der Waals surface area contributed by atoms with Crippen LogP contribution in [0.4, 0.5) is 0 Å². The highest BCUT2D eigenvalue weighted by Gasteiger charge is 2.17. The van der Waals surface area contributed by atoms with E-state index in [2.05, 4.69) is 33.1 Å². The minimum absolute atomic E-state index is 0.440. The Hall–Kier alpha value is -0.380. The van der Waals surface area contributed by atoms with Crippen LogP contribution in [0.3, 0.4) is 0 Å². The Morgan fingerprint density at radius 3 is 3.27 bits per heavy atom. The molecule has 1 nitrogen and oxygen atoms in total. The fraction of sp³-hybridized carbons (Fsp3) is 0.182. The Morgan fingerprint density at radius 1 is 1.53 bits per heavy atom. The minimum atomic E-state index is 0.440. The molecule has 2 aromatic heterocycles. The molecule has 4 heteroatoms. The van der Waals surface area contributed by atoms with E-state index in [1.54, 1.807) is 11.3 Å². The van der Waals surface area contributed by atoms with Crippen LogP contribution in [0.25, 0.3) is 16.2 Å². The summed E-state index contributed by atoms with van der Waals surface area (Å²) in [5.41, 5.74) is 1.39. The van der Waals surface area contributed by atoms with E-state index in [1.165, 1.54) is 20.5 Å². The van der Waals surface area contributed by atoms with Crippen LogP contribution in [0.5, 0.6) is 0 Å². The first-order valence-corrected chi connectivity index (χ1v) is 6.74. The summed E-state index contributed by atoms with van der Waals surface area (Å²) in [4.78, 5) is 5.89. The quantitative estimate of drug-likeness (QED) is 0.523. The van der Waals surface area contributed by atoms with Gasteiger partial charge in [0.1, 0.15) is 5.15 Å². The zero-order valence-electron chi connectivity index (χ0n) is 7.71. The van der Waals surface area contributed by atoms with Gasteiger partial charge in [0.05, 0.1) is 4.70 Å². The lowest BCUT2D eigenvalue weighted by atomic mass is 10.0. The molecule has 2 heterocycles. The zero-order valence-corrected chi connectivity index (χ0v) is 10.9. The monoisotopic (exact) mass is 299 g/mol. The third-order valence-corrected chi connectivity index (χ3v) is 4.52. The molecule has 0 amide bonds. The molecule has 0 radical (unpaired) electrons. The lowest BCUT2D eigenvalue weighted by molar-refractivity contribution is 1.04. The van der Waals surface area contributed by atoms with Crippen molar-refractivity contribution in [2.45, 2.75) is 11.2 Å². The number of halogens is 2. The fourth-order valence-electron chi connectivity index (χ4n) is 1.85. The molecule has 0 saturated carbocycles. The summed E-state index contributed by atoms with van der Waals surface area (Å²) in [7, 11) is 0. The number of pyridine rings is 1. The van der Waals surface area contributed by atoms with Gasteiger partial charge in [-0.05, 0) is 24.1 Å². The number of rotatable bonds is 0. The summed E-state index contributed by atoms with van der Waals surface area (Å²) in [5.74, 6) is 0. The van der Waals surface area contributed by atoms with Gasteiger partial charge >= 0.3 is 0 Å². The average Bonchev–Trinajstić information content (AvgIpc) is 2.56. The smallest absolute Gasteiger partial charge is 0.129 e. The number of fused-ring (bicyclic) bond motifs is 3. The molecule has 0 aromatic carbocycles. The van der Waals surface area contributed by atoms with E-state index < -0.39 is 0 Å². The Bertz CT molecular complexity index is 561. The van der Waals surface area contributed by atoms with Crippen LogP contribution >= 0.6 is 38.9 Å². The SMILES string of the molecule is Clc1cc2c3c(sc2cn1)C=CC(Br)C3. The van der Waals surface area contributed by atoms with Crippen molar-refractivity contribution in [3.8, 4) is 0 Å². The Balaban J connectivity index is 2.31. The second-order valence-corrected chi connectivity index (χ2v) is 6.17. The van der Waals surface area contributed by atoms with E-state index in [1.807, 2.05) is 12.3 Å².